The van der Waals surface area contributed by atoms with Gasteiger partial charge in [-0.3, -0.25) is 4.79 Å². The number of halogens is 2. The molecule has 0 aliphatic carbocycles. The minimum Gasteiger partial charge on any atom is -0.352 e. The lowest BCUT2D eigenvalue weighted by Gasteiger charge is -2.04. The average molecular weight is 217 g/mol. The van der Waals surface area contributed by atoms with Crippen LogP contribution >= 0.6 is 23.2 Å². The molecule has 0 aliphatic rings. The fourth-order valence-electron chi connectivity index (χ4n) is 0.859. The quantitative estimate of drug-likeness (QED) is 0.809. The molecule has 0 spiro atoms. The van der Waals surface area contributed by atoms with Crippen molar-refractivity contribution < 1.29 is 4.79 Å². The molecule has 0 bridgehead atoms. The van der Waals surface area contributed by atoms with Crippen molar-refractivity contribution in [3.8, 4) is 0 Å². The van der Waals surface area contributed by atoms with Gasteiger partial charge < -0.3 is 5.32 Å². The highest BCUT2D eigenvalue weighted by molar-refractivity contribution is 6.35. The molecule has 1 radical (unpaired) electrons. The predicted molar refractivity (Wildman–Crippen MR) is 53.7 cm³/mol. The summed E-state index contributed by atoms with van der Waals surface area (Å²) in [6.07, 6.45) is 0. The number of rotatable bonds is 2. The fourth-order valence-corrected chi connectivity index (χ4v) is 1.33. The van der Waals surface area contributed by atoms with Gasteiger partial charge >= 0.3 is 0 Å². The van der Waals surface area contributed by atoms with E-state index in [4.69, 9.17) is 23.2 Å². The Morgan fingerprint density at radius 2 is 2.15 bits per heavy atom. The third-order valence-corrected chi connectivity index (χ3v) is 2.08. The first kappa shape index (κ1) is 10.4. The van der Waals surface area contributed by atoms with Crippen LogP contribution in [-0.2, 0) is 11.3 Å². The molecule has 1 N–H and O–H groups in total. The van der Waals surface area contributed by atoms with Crippen molar-refractivity contribution in [1.29, 1.82) is 0 Å². The van der Waals surface area contributed by atoms with Crippen LogP contribution in [0.3, 0.4) is 0 Å². The third kappa shape index (κ3) is 3.25. The second-order valence-corrected chi connectivity index (χ2v) is 3.36. The SMILES string of the molecule is [CH2]C(=O)NCc1ccc(Cl)cc1Cl. The van der Waals surface area contributed by atoms with Crippen molar-refractivity contribution in [3.63, 3.8) is 0 Å². The summed E-state index contributed by atoms with van der Waals surface area (Å²) in [5.41, 5.74) is 0.822. The molecular formula is C9H8Cl2NO. The number of nitrogens with one attached hydrogen (secondary N) is 1. The fraction of sp³-hybridized carbons (Fsp3) is 0.111. The second-order valence-electron chi connectivity index (χ2n) is 2.51. The number of hydrogen-bond acceptors (Lipinski definition) is 1. The van der Waals surface area contributed by atoms with Crippen LogP contribution < -0.4 is 5.32 Å². The first-order chi connectivity index (χ1) is 6.09. The topological polar surface area (TPSA) is 29.1 Å². The molecule has 0 aromatic heterocycles. The number of amides is 1. The zero-order valence-electron chi connectivity index (χ0n) is 6.81. The standard InChI is InChI=1S/C9H8Cl2NO/c1-6(13)12-5-7-2-3-8(10)4-9(7)11/h2-4H,1,5H2,(H,12,13). The highest BCUT2D eigenvalue weighted by Crippen LogP contribution is 2.20. The molecule has 1 aromatic rings. The van der Waals surface area contributed by atoms with Crippen molar-refractivity contribution in [2.45, 2.75) is 6.54 Å². The summed E-state index contributed by atoms with van der Waals surface area (Å²) in [7, 11) is 0. The Labute approximate surface area is 86.8 Å². The average Bonchev–Trinajstić information content (AvgIpc) is 2.02. The first-order valence-corrected chi connectivity index (χ1v) is 4.39. The maximum absolute atomic E-state index is 10.5. The van der Waals surface area contributed by atoms with Crippen LogP contribution in [0.15, 0.2) is 18.2 Å². The van der Waals surface area contributed by atoms with Crippen molar-refractivity contribution >= 4 is 29.1 Å². The molecular weight excluding hydrogens is 209 g/mol. The van der Waals surface area contributed by atoms with E-state index in [2.05, 4.69) is 12.2 Å². The van der Waals surface area contributed by atoms with Gasteiger partial charge in [-0.1, -0.05) is 29.3 Å². The van der Waals surface area contributed by atoms with Gasteiger partial charge in [-0.05, 0) is 17.7 Å². The lowest BCUT2D eigenvalue weighted by molar-refractivity contribution is -0.116. The van der Waals surface area contributed by atoms with Gasteiger partial charge in [-0.25, -0.2) is 0 Å². The summed E-state index contributed by atoms with van der Waals surface area (Å²) < 4.78 is 0. The summed E-state index contributed by atoms with van der Waals surface area (Å²) in [6, 6.07) is 5.12. The number of benzene rings is 1. The zero-order chi connectivity index (χ0) is 9.84. The maximum atomic E-state index is 10.5. The van der Waals surface area contributed by atoms with Crippen LogP contribution in [0.4, 0.5) is 0 Å². The van der Waals surface area contributed by atoms with E-state index < -0.39 is 0 Å². The number of carbonyl (C=O) groups is 1. The molecule has 0 aliphatic heterocycles. The van der Waals surface area contributed by atoms with Crippen LogP contribution in [-0.4, -0.2) is 5.91 Å². The van der Waals surface area contributed by atoms with Crippen molar-refractivity contribution in [2.75, 3.05) is 0 Å². The molecule has 13 heavy (non-hydrogen) atoms. The predicted octanol–water partition coefficient (Wildman–Crippen LogP) is 2.44. The summed E-state index contributed by atoms with van der Waals surface area (Å²) in [5.74, 6) is -0.328. The third-order valence-electron chi connectivity index (χ3n) is 1.49. The Balaban J connectivity index is 2.72. The van der Waals surface area contributed by atoms with Crippen LogP contribution in [0.2, 0.25) is 10.0 Å². The molecule has 0 heterocycles. The van der Waals surface area contributed by atoms with Crippen molar-refractivity contribution in [2.24, 2.45) is 0 Å². The highest BCUT2D eigenvalue weighted by atomic mass is 35.5. The molecule has 0 atom stereocenters. The van der Waals surface area contributed by atoms with Gasteiger partial charge in [0, 0.05) is 23.5 Å². The number of hydrogen-bond donors (Lipinski definition) is 1. The molecule has 0 saturated carbocycles. The highest BCUT2D eigenvalue weighted by Gasteiger charge is 2.01. The summed E-state index contributed by atoms with van der Waals surface area (Å²) in [5, 5.41) is 3.67. The van der Waals surface area contributed by atoms with E-state index >= 15 is 0 Å². The van der Waals surface area contributed by atoms with Crippen LogP contribution in [0.1, 0.15) is 5.56 Å². The van der Waals surface area contributed by atoms with Gasteiger partial charge in [-0.2, -0.15) is 0 Å². The molecule has 0 saturated heterocycles. The zero-order valence-corrected chi connectivity index (χ0v) is 8.32. The number of carbonyl (C=O) groups excluding carboxylic acids is 1. The smallest absolute Gasteiger partial charge is 0.220 e. The molecule has 0 unspecified atom stereocenters. The molecule has 2 nitrogen and oxygen atoms in total. The minimum atomic E-state index is -0.328. The van der Waals surface area contributed by atoms with E-state index in [9.17, 15) is 4.79 Å². The molecule has 4 heteroatoms. The first-order valence-electron chi connectivity index (χ1n) is 3.63. The van der Waals surface area contributed by atoms with Gasteiger partial charge in [0.15, 0.2) is 0 Å². The van der Waals surface area contributed by atoms with Gasteiger partial charge in [0.05, 0.1) is 0 Å². The maximum Gasteiger partial charge on any atom is 0.220 e. The van der Waals surface area contributed by atoms with E-state index in [1.165, 1.54) is 0 Å². The molecule has 0 fully saturated rings. The second kappa shape index (κ2) is 4.49. The molecule has 1 rings (SSSR count). The van der Waals surface area contributed by atoms with Gasteiger partial charge in [0.1, 0.15) is 0 Å². The Bertz CT molecular complexity index is 325. The van der Waals surface area contributed by atoms with E-state index in [1.807, 2.05) is 0 Å². The van der Waals surface area contributed by atoms with Crippen molar-refractivity contribution in [3.05, 3.63) is 40.7 Å². The molecule has 69 valence electrons. The van der Waals surface area contributed by atoms with Crippen molar-refractivity contribution in [1.82, 2.24) is 5.32 Å². The lowest BCUT2D eigenvalue weighted by atomic mass is 10.2. The van der Waals surface area contributed by atoms with Gasteiger partial charge in [0.25, 0.3) is 0 Å². The Morgan fingerprint density at radius 1 is 1.46 bits per heavy atom. The minimum absolute atomic E-state index is 0.328. The Hall–Kier alpha value is -0.730. The van der Waals surface area contributed by atoms with Gasteiger partial charge in [-0.15, -0.1) is 0 Å². The van der Waals surface area contributed by atoms with E-state index in [0.29, 0.717) is 16.6 Å². The van der Waals surface area contributed by atoms with E-state index in [-0.39, 0.29) is 5.91 Å². The van der Waals surface area contributed by atoms with Crippen LogP contribution in [0.5, 0.6) is 0 Å². The van der Waals surface area contributed by atoms with Crippen LogP contribution in [0, 0.1) is 6.92 Å². The van der Waals surface area contributed by atoms with E-state index in [0.717, 1.165) is 5.56 Å². The Kier molecular flexibility index (Phi) is 3.58. The monoisotopic (exact) mass is 216 g/mol. The Morgan fingerprint density at radius 3 is 2.69 bits per heavy atom. The van der Waals surface area contributed by atoms with Crippen LogP contribution in [0.25, 0.3) is 0 Å². The largest absolute Gasteiger partial charge is 0.352 e. The normalized spacial score (nSPS) is 9.77. The summed E-state index contributed by atoms with van der Waals surface area (Å²) in [4.78, 5) is 10.5. The summed E-state index contributed by atoms with van der Waals surface area (Å²) >= 11 is 11.6. The molecule has 1 aromatic carbocycles. The lowest BCUT2D eigenvalue weighted by Crippen LogP contribution is -2.19. The van der Waals surface area contributed by atoms with E-state index in [1.54, 1.807) is 18.2 Å². The summed E-state index contributed by atoms with van der Waals surface area (Å²) in [6.45, 7) is 3.55. The van der Waals surface area contributed by atoms with Gasteiger partial charge in [0.2, 0.25) is 5.91 Å². The molecule has 1 amide bonds.